The number of hydrogen-bond donors (Lipinski definition) is 2. The summed E-state index contributed by atoms with van der Waals surface area (Å²) in [6.45, 7) is 4.39. The summed E-state index contributed by atoms with van der Waals surface area (Å²) in [6.07, 6.45) is 2.11. The second-order valence-electron chi connectivity index (χ2n) is 5.45. The number of nitrogens with two attached hydrogens (primary N) is 1. The van der Waals surface area contributed by atoms with E-state index in [0.29, 0.717) is 10.5 Å². The molecule has 21 heavy (non-hydrogen) atoms. The first kappa shape index (κ1) is 17.0. The molecule has 1 heterocycles. The SMILES string of the molecule is CCC1SCCSC1C(Cc1cc(C)ccc1OC)NN. The molecule has 0 bridgehead atoms. The summed E-state index contributed by atoms with van der Waals surface area (Å²) in [5.74, 6) is 9.32. The van der Waals surface area contributed by atoms with Gasteiger partial charge in [-0.25, -0.2) is 0 Å². The van der Waals surface area contributed by atoms with Gasteiger partial charge in [0.15, 0.2) is 0 Å². The van der Waals surface area contributed by atoms with Crippen LogP contribution in [0.1, 0.15) is 24.5 Å². The smallest absolute Gasteiger partial charge is 0.122 e. The van der Waals surface area contributed by atoms with Gasteiger partial charge in [-0.2, -0.15) is 23.5 Å². The Kier molecular flexibility index (Phi) is 6.74. The van der Waals surface area contributed by atoms with E-state index in [9.17, 15) is 0 Å². The highest BCUT2D eigenvalue weighted by molar-refractivity contribution is 8.07. The summed E-state index contributed by atoms with van der Waals surface area (Å²) in [6, 6.07) is 6.64. The quantitative estimate of drug-likeness (QED) is 0.621. The minimum absolute atomic E-state index is 0.281. The molecule has 2 rings (SSSR count). The topological polar surface area (TPSA) is 47.3 Å². The van der Waals surface area contributed by atoms with Gasteiger partial charge in [0, 0.05) is 28.0 Å². The van der Waals surface area contributed by atoms with Crippen LogP contribution in [0, 0.1) is 6.92 Å². The van der Waals surface area contributed by atoms with Crippen LogP contribution < -0.4 is 16.0 Å². The van der Waals surface area contributed by atoms with Gasteiger partial charge in [0.05, 0.1) is 7.11 Å². The highest BCUT2D eigenvalue weighted by atomic mass is 32.2. The summed E-state index contributed by atoms with van der Waals surface area (Å²) < 4.78 is 5.51. The molecule has 3 unspecified atom stereocenters. The normalized spacial score (nSPS) is 23.8. The van der Waals surface area contributed by atoms with Gasteiger partial charge in [0.2, 0.25) is 0 Å². The van der Waals surface area contributed by atoms with Crippen molar-refractivity contribution in [2.75, 3.05) is 18.6 Å². The lowest BCUT2D eigenvalue weighted by molar-refractivity contribution is 0.403. The van der Waals surface area contributed by atoms with E-state index in [-0.39, 0.29) is 6.04 Å². The van der Waals surface area contributed by atoms with E-state index in [0.717, 1.165) is 12.2 Å². The van der Waals surface area contributed by atoms with E-state index in [4.69, 9.17) is 10.6 Å². The van der Waals surface area contributed by atoms with Crippen molar-refractivity contribution in [3.05, 3.63) is 29.3 Å². The van der Waals surface area contributed by atoms with Crippen molar-refractivity contribution in [2.45, 2.75) is 43.2 Å². The first-order valence-electron chi connectivity index (χ1n) is 7.52. The fourth-order valence-corrected chi connectivity index (χ4v) is 6.13. The van der Waals surface area contributed by atoms with E-state index in [2.05, 4.69) is 61.0 Å². The Morgan fingerprint density at radius 3 is 2.81 bits per heavy atom. The van der Waals surface area contributed by atoms with Crippen LogP contribution in [0.2, 0.25) is 0 Å². The largest absolute Gasteiger partial charge is 0.496 e. The van der Waals surface area contributed by atoms with Gasteiger partial charge in [-0.15, -0.1) is 0 Å². The van der Waals surface area contributed by atoms with Crippen LogP contribution in [-0.2, 0) is 6.42 Å². The molecule has 1 aromatic carbocycles. The third-order valence-corrected chi connectivity index (χ3v) is 7.39. The molecule has 3 atom stereocenters. The van der Waals surface area contributed by atoms with Gasteiger partial charge in [-0.1, -0.05) is 24.6 Å². The number of aryl methyl sites for hydroxylation is 1. The molecule has 118 valence electrons. The number of rotatable bonds is 6. The summed E-state index contributed by atoms with van der Waals surface area (Å²) in [4.78, 5) is 0. The maximum absolute atomic E-state index is 5.88. The molecule has 3 N–H and O–H groups in total. The number of hydrogen-bond acceptors (Lipinski definition) is 5. The zero-order valence-electron chi connectivity index (χ0n) is 13.1. The van der Waals surface area contributed by atoms with Crippen LogP contribution in [0.3, 0.4) is 0 Å². The number of hydrazine groups is 1. The third kappa shape index (κ3) is 4.31. The molecule has 1 aliphatic rings. The predicted octanol–water partition coefficient (Wildman–Crippen LogP) is 3.01. The molecule has 1 aromatic rings. The Hall–Kier alpha value is -0.360. The highest BCUT2D eigenvalue weighted by Crippen LogP contribution is 2.36. The van der Waals surface area contributed by atoms with Crippen molar-refractivity contribution in [3.8, 4) is 5.75 Å². The molecule has 3 nitrogen and oxygen atoms in total. The lowest BCUT2D eigenvalue weighted by Gasteiger charge is -2.35. The van der Waals surface area contributed by atoms with Crippen LogP contribution in [0.15, 0.2) is 18.2 Å². The molecule has 1 saturated heterocycles. The molecule has 1 aliphatic heterocycles. The molecular formula is C16H26N2OS2. The standard InChI is InChI=1S/C16H26N2OS2/c1-4-15-16(21-8-7-20-15)13(18-17)10-12-9-11(2)5-6-14(12)19-3/h5-6,9,13,15-16,18H,4,7-8,10,17H2,1-3H3. The summed E-state index contributed by atoms with van der Waals surface area (Å²) in [7, 11) is 1.74. The first-order valence-corrected chi connectivity index (χ1v) is 9.62. The summed E-state index contributed by atoms with van der Waals surface area (Å²) in [5.41, 5.74) is 5.57. The first-order chi connectivity index (χ1) is 10.2. The number of benzene rings is 1. The molecule has 1 fully saturated rings. The van der Waals surface area contributed by atoms with E-state index >= 15 is 0 Å². The zero-order chi connectivity index (χ0) is 15.2. The van der Waals surface area contributed by atoms with Crippen LogP contribution >= 0.6 is 23.5 Å². The van der Waals surface area contributed by atoms with Crippen LogP contribution in [0.25, 0.3) is 0 Å². The third-order valence-electron chi connectivity index (χ3n) is 3.98. The van der Waals surface area contributed by atoms with Crippen molar-refractivity contribution in [3.63, 3.8) is 0 Å². The van der Waals surface area contributed by atoms with Gasteiger partial charge in [-0.05, 0) is 31.4 Å². The van der Waals surface area contributed by atoms with E-state index < -0.39 is 0 Å². The van der Waals surface area contributed by atoms with E-state index in [1.807, 2.05) is 0 Å². The maximum Gasteiger partial charge on any atom is 0.122 e. The monoisotopic (exact) mass is 326 g/mol. The predicted molar refractivity (Wildman–Crippen MR) is 95.3 cm³/mol. The van der Waals surface area contributed by atoms with Crippen molar-refractivity contribution < 1.29 is 4.74 Å². The van der Waals surface area contributed by atoms with Crippen molar-refractivity contribution >= 4 is 23.5 Å². The number of nitrogens with one attached hydrogen (secondary N) is 1. The fourth-order valence-electron chi connectivity index (χ4n) is 2.88. The number of thioether (sulfide) groups is 2. The molecule has 0 amide bonds. The number of methoxy groups -OCH3 is 1. The van der Waals surface area contributed by atoms with Gasteiger partial charge < -0.3 is 4.74 Å². The molecule has 0 aromatic heterocycles. The highest BCUT2D eigenvalue weighted by Gasteiger charge is 2.32. The van der Waals surface area contributed by atoms with Crippen LogP contribution in [0.5, 0.6) is 5.75 Å². The Morgan fingerprint density at radius 2 is 2.14 bits per heavy atom. The average Bonchev–Trinajstić information content (AvgIpc) is 2.52. The molecule has 0 spiro atoms. The van der Waals surface area contributed by atoms with E-state index in [1.165, 1.54) is 29.1 Å². The minimum atomic E-state index is 0.281. The number of ether oxygens (including phenoxy) is 1. The summed E-state index contributed by atoms with van der Waals surface area (Å²) in [5, 5.41) is 1.24. The second kappa shape index (κ2) is 8.32. The van der Waals surface area contributed by atoms with Crippen molar-refractivity contribution in [1.82, 2.24) is 5.43 Å². The average molecular weight is 327 g/mol. The second-order valence-corrected chi connectivity index (χ2v) is 8.08. The molecule has 0 radical (unpaired) electrons. The summed E-state index contributed by atoms with van der Waals surface area (Å²) >= 11 is 4.15. The lowest BCUT2D eigenvalue weighted by Crippen LogP contribution is -2.49. The Labute approximate surface area is 136 Å². The van der Waals surface area contributed by atoms with Gasteiger partial charge in [0.1, 0.15) is 5.75 Å². The molecule has 5 heteroatoms. The fraction of sp³-hybridized carbons (Fsp3) is 0.625. The van der Waals surface area contributed by atoms with Crippen LogP contribution in [-0.4, -0.2) is 35.2 Å². The molecule has 0 aliphatic carbocycles. The van der Waals surface area contributed by atoms with Crippen molar-refractivity contribution in [1.29, 1.82) is 0 Å². The van der Waals surface area contributed by atoms with Gasteiger partial charge in [-0.3, -0.25) is 11.3 Å². The maximum atomic E-state index is 5.88. The van der Waals surface area contributed by atoms with Gasteiger partial charge in [0.25, 0.3) is 0 Å². The van der Waals surface area contributed by atoms with Crippen LogP contribution in [0.4, 0.5) is 0 Å². The minimum Gasteiger partial charge on any atom is -0.496 e. The van der Waals surface area contributed by atoms with Gasteiger partial charge >= 0.3 is 0 Å². The van der Waals surface area contributed by atoms with E-state index in [1.54, 1.807) is 7.11 Å². The molecule has 0 saturated carbocycles. The Morgan fingerprint density at radius 1 is 1.38 bits per heavy atom. The lowest BCUT2D eigenvalue weighted by atomic mass is 9.98. The Balaban J connectivity index is 2.16. The van der Waals surface area contributed by atoms with Crippen molar-refractivity contribution in [2.24, 2.45) is 5.84 Å². The Bertz CT molecular complexity index is 456. The zero-order valence-corrected chi connectivity index (χ0v) is 14.7. The molecular weight excluding hydrogens is 300 g/mol.